The number of carbonyl (C=O) groups excluding carboxylic acids is 2. The van der Waals surface area contributed by atoms with E-state index in [0.29, 0.717) is 18.7 Å². The van der Waals surface area contributed by atoms with Gasteiger partial charge in [-0.1, -0.05) is 24.3 Å². The van der Waals surface area contributed by atoms with Crippen LogP contribution in [0, 0.1) is 0 Å². The number of hydrogen-bond donors (Lipinski definition) is 2. The van der Waals surface area contributed by atoms with E-state index in [1.54, 1.807) is 0 Å². The summed E-state index contributed by atoms with van der Waals surface area (Å²) in [7, 11) is 0. The van der Waals surface area contributed by atoms with Crippen LogP contribution in [0.15, 0.2) is 36.4 Å². The first-order valence-electron chi connectivity index (χ1n) is 9.41. The number of nitrogens with one attached hydrogen (secondary N) is 2. The van der Waals surface area contributed by atoms with Gasteiger partial charge in [-0.15, -0.1) is 0 Å². The molecule has 0 heterocycles. The van der Waals surface area contributed by atoms with Crippen LogP contribution in [0.4, 0.5) is 15.3 Å². The van der Waals surface area contributed by atoms with E-state index < -0.39 is 23.4 Å². The summed E-state index contributed by atoms with van der Waals surface area (Å²) in [5.74, 6) is 0. The second-order valence-corrected chi connectivity index (χ2v) is 8.70. The smallest absolute Gasteiger partial charge is 0.412 e. The molecule has 2 rings (SSSR count). The zero-order valence-electron chi connectivity index (χ0n) is 17.5. The Morgan fingerprint density at radius 1 is 0.821 bits per heavy atom. The maximum absolute atomic E-state index is 11.9. The molecule has 0 aliphatic carbocycles. The summed E-state index contributed by atoms with van der Waals surface area (Å²) in [6.07, 6.45) is -0.185. The van der Waals surface area contributed by atoms with E-state index in [1.807, 2.05) is 71.9 Å². The van der Waals surface area contributed by atoms with E-state index in [4.69, 9.17) is 9.47 Å². The van der Waals surface area contributed by atoms with Crippen molar-refractivity contribution in [3.63, 3.8) is 0 Å². The van der Waals surface area contributed by atoms with Crippen molar-refractivity contribution in [1.29, 1.82) is 0 Å². The minimum atomic E-state index is -0.539. The largest absolute Gasteiger partial charge is 0.444 e. The molecular weight excluding hydrogens is 356 g/mol. The van der Waals surface area contributed by atoms with Gasteiger partial charge in [0.15, 0.2) is 0 Å². The first-order chi connectivity index (χ1) is 12.9. The van der Waals surface area contributed by atoms with Crippen molar-refractivity contribution in [2.75, 3.05) is 11.9 Å². The van der Waals surface area contributed by atoms with Crippen molar-refractivity contribution >= 4 is 28.6 Å². The van der Waals surface area contributed by atoms with Gasteiger partial charge in [0.25, 0.3) is 0 Å². The lowest BCUT2D eigenvalue weighted by Gasteiger charge is -2.20. The maximum atomic E-state index is 11.9. The Balaban J connectivity index is 1.95. The van der Waals surface area contributed by atoms with Crippen molar-refractivity contribution in [2.45, 2.75) is 59.2 Å². The number of rotatable bonds is 4. The molecule has 0 radical (unpaired) electrons. The molecule has 28 heavy (non-hydrogen) atoms. The number of fused-ring (bicyclic) bond motifs is 1. The molecule has 0 saturated carbocycles. The first kappa shape index (κ1) is 21.5. The number of hydrogen-bond acceptors (Lipinski definition) is 4. The molecule has 0 unspecified atom stereocenters. The zero-order valence-corrected chi connectivity index (χ0v) is 17.5. The maximum Gasteiger partial charge on any atom is 0.412 e. The number of alkyl carbamates (subject to hydrolysis) is 1. The Labute approximate surface area is 166 Å². The van der Waals surface area contributed by atoms with Crippen LogP contribution in [0.1, 0.15) is 47.1 Å². The highest BCUT2D eigenvalue weighted by molar-refractivity contribution is 5.91. The van der Waals surface area contributed by atoms with E-state index >= 15 is 0 Å². The molecule has 0 saturated heterocycles. The summed E-state index contributed by atoms with van der Waals surface area (Å²) < 4.78 is 10.5. The topological polar surface area (TPSA) is 76.7 Å². The number of amides is 2. The van der Waals surface area contributed by atoms with Gasteiger partial charge in [-0.25, -0.2) is 9.59 Å². The van der Waals surface area contributed by atoms with E-state index in [2.05, 4.69) is 16.7 Å². The summed E-state index contributed by atoms with van der Waals surface area (Å²) in [5.41, 5.74) is 0.749. The molecule has 2 aromatic rings. The Kier molecular flexibility index (Phi) is 6.54. The third kappa shape index (κ3) is 7.47. The van der Waals surface area contributed by atoms with Gasteiger partial charge in [-0.2, -0.15) is 0 Å². The Morgan fingerprint density at radius 3 is 2.04 bits per heavy atom. The SMILES string of the molecule is CC(C)(C)OC(=O)NCCc1ccc2cc(NC(=O)OC(C)(C)C)ccc2c1. The van der Waals surface area contributed by atoms with Gasteiger partial charge >= 0.3 is 12.2 Å². The number of benzene rings is 2. The summed E-state index contributed by atoms with van der Waals surface area (Å²) >= 11 is 0. The van der Waals surface area contributed by atoms with Gasteiger partial charge in [0.05, 0.1) is 0 Å². The number of carbonyl (C=O) groups is 2. The van der Waals surface area contributed by atoms with Gasteiger partial charge in [0, 0.05) is 12.2 Å². The van der Waals surface area contributed by atoms with Crippen molar-refractivity contribution < 1.29 is 19.1 Å². The fourth-order valence-electron chi connectivity index (χ4n) is 2.57. The summed E-state index contributed by atoms with van der Waals surface area (Å²) in [6.45, 7) is 11.5. The molecule has 2 N–H and O–H groups in total. The lowest BCUT2D eigenvalue weighted by atomic mass is 10.0. The number of ether oxygens (including phenoxy) is 2. The van der Waals surface area contributed by atoms with Crippen LogP contribution in [0.3, 0.4) is 0 Å². The molecule has 0 atom stereocenters. The highest BCUT2D eigenvalue weighted by Crippen LogP contribution is 2.21. The molecule has 6 heteroatoms. The van der Waals surface area contributed by atoms with Crippen molar-refractivity contribution in [3.05, 3.63) is 42.0 Å². The molecular formula is C22H30N2O4. The average Bonchev–Trinajstić information content (AvgIpc) is 2.51. The average molecular weight is 386 g/mol. The Hall–Kier alpha value is -2.76. The second kappa shape index (κ2) is 8.50. The van der Waals surface area contributed by atoms with Gasteiger partial charge in [-0.05, 0) is 76.4 Å². The monoisotopic (exact) mass is 386 g/mol. The molecule has 0 bridgehead atoms. The van der Waals surface area contributed by atoms with Crippen LogP contribution in [0.25, 0.3) is 10.8 Å². The van der Waals surface area contributed by atoms with E-state index in [-0.39, 0.29) is 0 Å². The van der Waals surface area contributed by atoms with Crippen LogP contribution < -0.4 is 10.6 Å². The molecule has 152 valence electrons. The van der Waals surface area contributed by atoms with E-state index in [9.17, 15) is 9.59 Å². The number of anilines is 1. The highest BCUT2D eigenvalue weighted by atomic mass is 16.6. The highest BCUT2D eigenvalue weighted by Gasteiger charge is 2.17. The Morgan fingerprint density at radius 2 is 1.39 bits per heavy atom. The van der Waals surface area contributed by atoms with Gasteiger partial charge in [0.1, 0.15) is 11.2 Å². The first-order valence-corrected chi connectivity index (χ1v) is 9.41. The lowest BCUT2D eigenvalue weighted by molar-refractivity contribution is 0.0527. The molecule has 0 aromatic heterocycles. The third-order valence-electron chi connectivity index (χ3n) is 3.63. The quantitative estimate of drug-likeness (QED) is 0.752. The van der Waals surface area contributed by atoms with Gasteiger partial charge in [-0.3, -0.25) is 5.32 Å². The molecule has 0 aliphatic rings. The van der Waals surface area contributed by atoms with Crippen LogP contribution in [-0.4, -0.2) is 29.9 Å². The van der Waals surface area contributed by atoms with Crippen LogP contribution in [0.5, 0.6) is 0 Å². The summed E-state index contributed by atoms with van der Waals surface area (Å²) in [4.78, 5) is 23.6. The summed E-state index contributed by atoms with van der Waals surface area (Å²) in [5, 5.41) is 7.58. The van der Waals surface area contributed by atoms with Crippen molar-refractivity contribution in [1.82, 2.24) is 5.32 Å². The van der Waals surface area contributed by atoms with Crippen LogP contribution in [0.2, 0.25) is 0 Å². The fraction of sp³-hybridized carbons (Fsp3) is 0.455. The van der Waals surface area contributed by atoms with Gasteiger partial charge < -0.3 is 14.8 Å². The standard InChI is InChI=1S/C22H30N2O4/c1-21(2,3)27-19(25)23-12-11-15-7-8-17-14-18(10-9-16(17)13-15)24-20(26)28-22(4,5)6/h7-10,13-14H,11-12H2,1-6H3,(H,23,25)(H,24,26). The molecule has 0 spiro atoms. The van der Waals surface area contributed by atoms with Crippen molar-refractivity contribution in [2.24, 2.45) is 0 Å². The molecule has 6 nitrogen and oxygen atoms in total. The van der Waals surface area contributed by atoms with E-state index in [1.165, 1.54) is 0 Å². The minimum Gasteiger partial charge on any atom is -0.444 e. The predicted octanol–water partition coefficient (Wildman–Crippen LogP) is 5.25. The van der Waals surface area contributed by atoms with Crippen LogP contribution in [-0.2, 0) is 15.9 Å². The lowest BCUT2D eigenvalue weighted by Crippen LogP contribution is -2.33. The summed E-state index contributed by atoms with van der Waals surface area (Å²) in [6, 6.07) is 11.8. The molecule has 0 fully saturated rings. The zero-order chi connectivity index (χ0) is 20.9. The second-order valence-electron chi connectivity index (χ2n) is 8.70. The van der Waals surface area contributed by atoms with Crippen LogP contribution >= 0.6 is 0 Å². The minimum absolute atomic E-state index is 0.411. The molecule has 2 amide bonds. The normalized spacial score (nSPS) is 11.8. The Bertz CT molecular complexity index is 848. The van der Waals surface area contributed by atoms with Gasteiger partial charge in [0.2, 0.25) is 0 Å². The third-order valence-corrected chi connectivity index (χ3v) is 3.63. The predicted molar refractivity (Wildman–Crippen MR) is 112 cm³/mol. The molecule has 2 aromatic carbocycles. The molecule has 0 aliphatic heterocycles. The fourth-order valence-corrected chi connectivity index (χ4v) is 2.57. The van der Waals surface area contributed by atoms with E-state index in [0.717, 1.165) is 16.3 Å². The van der Waals surface area contributed by atoms with Crippen molar-refractivity contribution in [3.8, 4) is 0 Å².